The summed E-state index contributed by atoms with van der Waals surface area (Å²) in [5, 5.41) is 6.41. The molecule has 1 fully saturated rings. The van der Waals surface area contributed by atoms with Crippen LogP contribution in [0, 0.1) is 11.8 Å². The van der Waals surface area contributed by atoms with E-state index in [9.17, 15) is 9.59 Å². The predicted molar refractivity (Wildman–Crippen MR) is 99.0 cm³/mol. The number of hydrogen-bond donors (Lipinski definition) is 2. The lowest BCUT2D eigenvalue weighted by molar-refractivity contribution is -0.133. The quantitative estimate of drug-likeness (QED) is 0.740. The molecule has 1 aliphatic heterocycles. The fourth-order valence-corrected chi connectivity index (χ4v) is 2.87. The second kappa shape index (κ2) is 9.06. The number of nitrogens with zero attached hydrogens (tertiary/aromatic N) is 1. The van der Waals surface area contributed by atoms with Crippen LogP contribution in [-0.2, 0) is 9.59 Å². The van der Waals surface area contributed by atoms with Crippen LogP contribution in [0.3, 0.4) is 0 Å². The van der Waals surface area contributed by atoms with Crippen LogP contribution < -0.4 is 15.4 Å². The summed E-state index contributed by atoms with van der Waals surface area (Å²) in [5.74, 6) is 0.651. The van der Waals surface area contributed by atoms with Gasteiger partial charge in [-0.05, 0) is 51.1 Å². The van der Waals surface area contributed by atoms with Crippen molar-refractivity contribution in [3.63, 3.8) is 0 Å². The summed E-state index contributed by atoms with van der Waals surface area (Å²) in [7, 11) is 0. The highest BCUT2D eigenvalue weighted by Crippen LogP contribution is 2.28. The number of amides is 2. The molecule has 0 bridgehead atoms. The Morgan fingerprint density at radius 2 is 2.04 bits per heavy atom. The van der Waals surface area contributed by atoms with Gasteiger partial charge in [0, 0.05) is 24.7 Å². The van der Waals surface area contributed by atoms with Crippen LogP contribution >= 0.6 is 11.6 Å². The Balaban J connectivity index is 1.91. The number of carbonyl (C=O) groups excluding carboxylic acids is 2. The van der Waals surface area contributed by atoms with E-state index in [2.05, 4.69) is 10.6 Å². The molecule has 1 atom stereocenters. The van der Waals surface area contributed by atoms with Crippen LogP contribution in [0.1, 0.15) is 20.8 Å². The van der Waals surface area contributed by atoms with Crippen molar-refractivity contribution in [3.05, 3.63) is 23.2 Å². The van der Waals surface area contributed by atoms with E-state index in [1.54, 1.807) is 23.1 Å². The molecule has 1 saturated heterocycles. The van der Waals surface area contributed by atoms with Gasteiger partial charge in [0.2, 0.25) is 5.91 Å². The first-order valence-corrected chi connectivity index (χ1v) is 9.05. The molecule has 1 aliphatic rings. The minimum atomic E-state index is -0.0821. The molecule has 25 heavy (non-hydrogen) atoms. The zero-order valence-electron chi connectivity index (χ0n) is 15.0. The van der Waals surface area contributed by atoms with Crippen LogP contribution in [0.5, 0.6) is 5.75 Å². The third-order valence-corrected chi connectivity index (χ3v) is 4.90. The molecule has 1 heterocycles. The molecule has 0 radical (unpaired) electrons. The largest absolute Gasteiger partial charge is 0.482 e. The van der Waals surface area contributed by atoms with Gasteiger partial charge in [-0.15, -0.1) is 0 Å². The molecule has 0 aliphatic carbocycles. The minimum Gasteiger partial charge on any atom is -0.482 e. The molecular formula is C18H26ClN3O3. The highest BCUT2D eigenvalue weighted by atomic mass is 35.5. The van der Waals surface area contributed by atoms with Crippen LogP contribution in [0.2, 0.25) is 5.02 Å². The van der Waals surface area contributed by atoms with Crippen molar-refractivity contribution in [2.45, 2.75) is 20.8 Å². The van der Waals surface area contributed by atoms with E-state index in [0.29, 0.717) is 35.5 Å². The minimum absolute atomic E-state index is 0.0204. The fraction of sp³-hybridized carbons (Fsp3) is 0.556. The number of ether oxygens (including phenoxy) is 1. The van der Waals surface area contributed by atoms with Crippen LogP contribution in [-0.4, -0.2) is 49.5 Å². The Hall–Kier alpha value is -1.79. The van der Waals surface area contributed by atoms with Crippen molar-refractivity contribution in [1.82, 2.24) is 10.2 Å². The SMILES string of the molecule is CCN(CC)C(=O)COc1ccc(NC(=O)C(C)C2CNC2)cc1Cl. The highest BCUT2D eigenvalue weighted by Gasteiger charge is 2.28. The van der Waals surface area contributed by atoms with Crippen molar-refractivity contribution in [3.8, 4) is 5.75 Å². The van der Waals surface area contributed by atoms with E-state index in [1.807, 2.05) is 20.8 Å². The van der Waals surface area contributed by atoms with Gasteiger partial charge in [-0.3, -0.25) is 9.59 Å². The fourth-order valence-electron chi connectivity index (χ4n) is 2.64. The Morgan fingerprint density at radius 1 is 1.36 bits per heavy atom. The molecule has 0 aromatic heterocycles. The maximum atomic E-state index is 12.2. The highest BCUT2D eigenvalue weighted by molar-refractivity contribution is 6.32. The first-order valence-electron chi connectivity index (χ1n) is 8.67. The van der Waals surface area contributed by atoms with Gasteiger partial charge in [-0.25, -0.2) is 0 Å². The number of anilines is 1. The lowest BCUT2D eigenvalue weighted by Gasteiger charge is -2.31. The molecule has 1 aromatic rings. The molecule has 1 unspecified atom stereocenters. The summed E-state index contributed by atoms with van der Waals surface area (Å²) >= 11 is 6.21. The van der Waals surface area contributed by atoms with Crippen molar-refractivity contribution >= 4 is 29.1 Å². The third kappa shape index (κ3) is 5.09. The molecule has 6 nitrogen and oxygen atoms in total. The number of halogens is 1. The summed E-state index contributed by atoms with van der Waals surface area (Å²) in [6.07, 6.45) is 0. The van der Waals surface area contributed by atoms with Gasteiger partial charge in [0.25, 0.3) is 5.91 Å². The Kier molecular flexibility index (Phi) is 7.08. The van der Waals surface area contributed by atoms with Gasteiger partial charge in [0.1, 0.15) is 5.75 Å². The number of rotatable bonds is 8. The van der Waals surface area contributed by atoms with E-state index in [-0.39, 0.29) is 24.3 Å². The van der Waals surface area contributed by atoms with Gasteiger partial charge in [-0.1, -0.05) is 18.5 Å². The summed E-state index contributed by atoms with van der Waals surface area (Å²) in [6, 6.07) is 5.04. The standard InChI is InChI=1S/C18H26ClN3O3/c1-4-22(5-2)17(23)11-25-16-7-6-14(8-15(16)19)21-18(24)12(3)13-9-20-10-13/h6-8,12-13,20H,4-5,9-11H2,1-3H3,(H,21,24). The first-order chi connectivity index (χ1) is 12.0. The van der Waals surface area contributed by atoms with E-state index in [0.717, 1.165) is 13.1 Å². The van der Waals surface area contributed by atoms with E-state index >= 15 is 0 Å². The van der Waals surface area contributed by atoms with Crippen LogP contribution in [0.15, 0.2) is 18.2 Å². The normalized spacial score (nSPS) is 15.2. The summed E-state index contributed by atoms with van der Waals surface area (Å²) in [4.78, 5) is 25.9. The second-order valence-electron chi connectivity index (χ2n) is 6.20. The van der Waals surface area contributed by atoms with Gasteiger partial charge in [-0.2, -0.15) is 0 Å². The average molecular weight is 368 g/mol. The molecule has 7 heteroatoms. The first kappa shape index (κ1) is 19.5. The predicted octanol–water partition coefficient (Wildman–Crippen LogP) is 2.38. The molecule has 138 valence electrons. The van der Waals surface area contributed by atoms with E-state index < -0.39 is 0 Å². The third-order valence-electron chi connectivity index (χ3n) is 4.60. The molecule has 2 amide bonds. The smallest absolute Gasteiger partial charge is 0.260 e. The lowest BCUT2D eigenvalue weighted by atomic mass is 9.88. The number of hydrogen-bond acceptors (Lipinski definition) is 4. The van der Waals surface area contributed by atoms with Crippen molar-refractivity contribution in [2.75, 3.05) is 38.1 Å². The number of likely N-dealkylation sites (N-methyl/N-ethyl adjacent to an activating group) is 1. The summed E-state index contributed by atoms with van der Waals surface area (Å²) in [6.45, 7) is 8.76. The van der Waals surface area contributed by atoms with Crippen LogP contribution in [0.25, 0.3) is 0 Å². The average Bonchev–Trinajstić information content (AvgIpc) is 2.53. The molecular weight excluding hydrogens is 342 g/mol. The molecule has 0 saturated carbocycles. The Morgan fingerprint density at radius 3 is 2.56 bits per heavy atom. The van der Waals surface area contributed by atoms with Gasteiger partial charge in [0.15, 0.2) is 6.61 Å². The molecule has 1 aromatic carbocycles. The van der Waals surface area contributed by atoms with Crippen molar-refractivity contribution in [2.24, 2.45) is 11.8 Å². The van der Waals surface area contributed by atoms with Gasteiger partial charge in [0.05, 0.1) is 5.02 Å². The summed E-state index contributed by atoms with van der Waals surface area (Å²) < 4.78 is 5.51. The van der Waals surface area contributed by atoms with Crippen molar-refractivity contribution < 1.29 is 14.3 Å². The number of carbonyl (C=O) groups is 2. The number of benzene rings is 1. The second-order valence-corrected chi connectivity index (χ2v) is 6.60. The molecule has 0 spiro atoms. The van der Waals surface area contributed by atoms with Crippen molar-refractivity contribution in [1.29, 1.82) is 0 Å². The summed E-state index contributed by atoms with van der Waals surface area (Å²) in [5.41, 5.74) is 0.622. The van der Waals surface area contributed by atoms with E-state index in [4.69, 9.17) is 16.3 Å². The maximum absolute atomic E-state index is 12.2. The Bertz CT molecular complexity index is 616. The lowest BCUT2D eigenvalue weighted by Crippen LogP contribution is -2.48. The molecule has 2 N–H and O–H groups in total. The topological polar surface area (TPSA) is 70.7 Å². The van der Waals surface area contributed by atoms with Gasteiger partial charge >= 0.3 is 0 Å². The maximum Gasteiger partial charge on any atom is 0.260 e. The molecule has 2 rings (SSSR count). The Labute approximate surface area is 153 Å². The zero-order chi connectivity index (χ0) is 18.4. The van der Waals surface area contributed by atoms with Crippen LogP contribution in [0.4, 0.5) is 5.69 Å². The van der Waals surface area contributed by atoms with E-state index in [1.165, 1.54) is 0 Å². The monoisotopic (exact) mass is 367 g/mol. The number of nitrogens with one attached hydrogen (secondary N) is 2. The zero-order valence-corrected chi connectivity index (χ0v) is 15.7. The van der Waals surface area contributed by atoms with Gasteiger partial charge < -0.3 is 20.3 Å².